The maximum atomic E-state index is 13.3. The van der Waals surface area contributed by atoms with Gasteiger partial charge in [0.1, 0.15) is 17.4 Å². The molecule has 0 aliphatic heterocycles. The van der Waals surface area contributed by atoms with E-state index in [2.05, 4.69) is 15.3 Å². The molecule has 0 saturated carbocycles. The van der Waals surface area contributed by atoms with Crippen molar-refractivity contribution >= 4 is 40.5 Å². The molecule has 43 heavy (non-hydrogen) atoms. The predicted octanol–water partition coefficient (Wildman–Crippen LogP) is 6.24. The molecule has 228 valence electrons. The van der Waals surface area contributed by atoms with Crippen LogP contribution in [-0.2, 0) is 22.2 Å². The number of hydrogen-bond acceptors (Lipinski definition) is 7. The summed E-state index contributed by atoms with van der Waals surface area (Å²) in [5.41, 5.74) is 2.95. The van der Waals surface area contributed by atoms with E-state index in [1.807, 2.05) is 48.3 Å². The molecule has 4 aromatic rings. The van der Waals surface area contributed by atoms with Gasteiger partial charge in [0.2, 0.25) is 5.91 Å². The molecule has 0 fully saturated rings. The number of fused-ring (bicyclic) bond motifs is 1. The van der Waals surface area contributed by atoms with Crippen LogP contribution in [0.1, 0.15) is 35.5 Å². The molecular weight excluding hydrogens is 563 g/mol. The number of ether oxygens (including phenoxy) is 1. The number of aromatic nitrogens is 2. The molecule has 0 saturated heterocycles. The quantitative estimate of drug-likeness (QED) is 0.230. The summed E-state index contributed by atoms with van der Waals surface area (Å²) in [6, 6.07) is 16.2. The average molecular weight is 598 g/mol. The van der Waals surface area contributed by atoms with Crippen LogP contribution in [0.2, 0.25) is 0 Å². The highest BCUT2D eigenvalue weighted by Gasteiger charge is 2.30. The number of hydrogen-bond donors (Lipinski definition) is 2. The summed E-state index contributed by atoms with van der Waals surface area (Å²) < 4.78 is 45.3. The first-order chi connectivity index (χ1) is 20.3. The third-order valence-electron chi connectivity index (χ3n) is 6.74. The minimum Gasteiger partial charge on any atom is -0.496 e. The van der Waals surface area contributed by atoms with E-state index in [1.54, 1.807) is 41.1 Å². The number of alkyl halides is 3. The molecule has 3 aromatic carbocycles. The highest BCUT2D eigenvalue weighted by Crippen LogP contribution is 2.34. The van der Waals surface area contributed by atoms with Crippen molar-refractivity contribution in [2.75, 3.05) is 38.5 Å². The number of nitrogens with zero attached hydrogens (tertiary/aromatic N) is 4. The molecule has 2 N–H and O–H groups in total. The topological polar surface area (TPSA) is 108 Å². The second-order valence-electron chi connectivity index (χ2n) is 9.94. The third kappa shape index (κ3) is 8.12. The molecule has 1 amide bonds. The number of carbonyl (C=O) groups is 2. The molecule has 1 atom stereocenters. The van der Waals surface area contributed by atoms with Gasteiger partial charge in [-0.15, -0.1) is 0 Å². The largest absolute Gasteiger partial charge is 0.496 e. The van der Waals surface area contributed by atoms with Crippen LogP contribution in [0.15, 0.2) is 60.7 Å². The van der Waals surface area contributed by atoms with Gasteiger partial charge >= 0.3 is 6.18 Å². The molecule has 4 rings (SSSR count). The zero-order valence-electron chi connectivity index (χ0n) is 24.7. The van der Waals surface area contributed by atoms with E-state index >= 15 is 0 Å². The van der Waals surface area contributed by atoms with Gasteiger partial charge in [-0.1, -0.05) is 12.1 Å². The normalized spacial score (nSPS) is 11.7. The lowest BCUT2D eigenvalue weighted by Crippen LogP contribution is -2.23. The van der Waals surface area contributed by atoms with Crippen molar-refractivity contribution in [1.82, 2.24) is 14.9 Å². The van der Waals surface area contributed by atoms with E-state index in [0.29, 0.717) is 28.5 Å². The number of rotatable bonds is 8. The maximum absolute atomic E-state index is 13.3. The summed E-state index contributed by atoms with van der Waals surface area (Å²) in [5.74, 6) is 1.65. The molecular formula is C31H34F3N5O4. The van der Waals surface area contributed by atoms with Gasteiger partial charge in [-0.2, -0.15) is 13.2 Å². The maximum Gasteiger partial charge on any atom is 0.416 e. The van der Waals surface area contributed by atoms with E-state index in [0.717, 1.165) is 34.5 Å². The second-order valence-corrected chi connectivity index (χ2v) is 9.94. The zero-order valence-corrected chi connectivity index (χ0v) is 24.7. The summed E-state index contributed by atoms with van der Waals surface area (Å²) in [6.45, 7) is 3.32. The fourth-order valence-electron chi connectivity index (χ4n) is 4.41. The third-order valence-corrected chi connectivity index (χ3v) is 6.74. The van der Waals surface area contributed by atoms with Crippen molar-refractivity contribution in [3.8, 4) is 5.75 Å². The number of amides is 1. The van der Waals surface area contributed by atoms with Crippen molar-refractivity contribution in [3.05, 3.63) is 83.2 Å². The zero-order chi connectivity index (χ0) is 31.9. The fraction of sp³-hybridized carbons (Fsp3) is 0.290. The lowest BCUT2D eigenvalue weighted by molar-refractivity contribution is -0.137. The predicted molar refractivity (Wildman–Crippen MR) is 160 cm³/mol. The molecule has 12 heteroatoms. The van der Waals surface area contributed by atoms with Gasteiger partial charge in [0.15, 0.2) is 0 Å². The van der Waals surface area contributed by atoms with Crippen LogP contribution >= 0.6 is 0 Å². The van der Waals surface area contributed by atoms with Crippen LogP contribution in [0, 0.1) is 6.92 Å². The van der Waals surface area contributed by atoms with Crippen LogP contribution in [-0.4, -0.2) is 60.6 Å². The van der Waals surface area contributed by atoms with Crippen molar-refractivity contribution in [2.24, 2.45) is 0 Å². The number of nitrogens with one attached hydrogen (secondary N) is 1. The summed E-state index contributed by atoms with van der Waals surface area (Å²) in [5, 5.41) is 10.9. The highest BCUT2D eigenvalue weighted by molar-refractivity contribution is 5.92. The lowest BCUT2D eigenvalue weighted by atomic mass is 10.0. The molecule has 0 bridgehead atoms. The summed E-state index contributed by atoms with van der Waals surface area (Å²) >= 11 is 0. The highest BCUT2D eigenvalue weighted by atomic mass is 19.4. The van der Waals surface area contributed by atoms with E-state index in [1.165, 1.54) is 11.0 Å². The van der Waals surface area contributed by atoms with E-state index in [-0.39, 0.29) is 18.8 Å². The number of benzene rings is 3. The van der Waals surface area contributed by atoms with Crippen molar-refractivity contribution < 1.29 is 32.6 Å². The van der Waals surface area contributed by atoms with E-state index in [9.17, 15) is 18.0 Å². The fourth-order valence-corrected chi connectivity index (χ4v) is 4.41. The van der Waals surface area contributed by atoms with Gasteiger partial charge in [0, 0.05) is 49.5 Å². The Morgan fingerprint density at radius 3 is 2.33 bits per heavy atom. The smallest absolute Gasteiger partial charge is 0.416 e. The number of methoxy groups -OCH3 is 1. The van der Waals surface area contributed by atoms with Gasteiger partial charge in [0.25, 0.3) is 6.47 Å². The van der Waals surface area contributed by atoms with Crippen LogP contribution in [0.3, 0.4) is 0 Å². The first-order valence-electron chi connectivity index (χ1n) is 13.2. The van der Waals surface area contributed by atoms with Crippen LogP contribution in [0.4, 0.5) is 30.4 Å². The molecule has 0 unspecified atom stereocenters. The van der Waals surface area contributed by atoms with Crippen molar-refractivity contribution in [3.63, 3.8) is 0 Å². The Morgan fingerprint density at radius 2 is 1.70 bits per heavy atom. The Kier molecular flexibility index (Phi) is 10.5. The van der Waals surface area contributed by atoms with Gasteiger partial charge in [-0.3, -0.25) is 9.59 Å². The van der Waals surface area contributed by atoms with Crippen LogP contribution < -0.4 is 15.0 Å². The van der Waals surface area contributed by atoms with Crippen LogP contribution in [0.5, 0.6) is 5.75 Å². The first-order valence-corrected chi connectivity index (χ1v) is 13.2. The van der Waals surface area contributed by atoms with Gasteiger partial charge in [-0.25, -0.2) is 9.97 Å². The van der Waals surface area contributed by atoms with E-state index in [4.69, 9.17) is 14.6 Å². The summed E-state index contributed by atoms with van der Waals surface area (Å²) in [6.07, 6.45) is -4.22. The monoisotopic (exact) mass is 597 g/mol. The molecule has 9 nitrogen and oxygen atoms in total. The Labute approximate surface area is 247 Å². The Bertz CT molecular complexity index is 1590. The molecule has 0 aliphatic carbocycles. The second kappa shape index (κ2) is 13.9. The number of carbonyl (C=O) groups excluding carboxylic acids is 1. The van der Waals surface area contributed by atoms with Crippen molar-refractivity contribution in [1.29, 1.82) is 0 Å². The van der Waals surface area contributed by atoms with Crippen molar-refractivity contribution in [2.45, 2.75) is 32.5 Å². The molecule has 0 spiro atoms. The Hall–Kier alpha value is -4.87. The van der Waals surface area contributed by atoms with Crippen LogP contribution in [0.25, 0.3) is 10.9 Å². The Morgan fingerprint density at radius 1 is 1.05 bits per heavy atom. The number of carboxylic acid groups (broad SMARTS) is 1. The lowest BCUT2D eigenvalue weighted by Gasteiger charge is -2.23. The standard InChI is InChI=1S/C30H32F3N5O2.CH2O2/c1-18(20-8-7-9-22(14-20)30(31,32)33)34-29-25-17-24(10-12-26(25)35-19(2)36-29)38(5)23-11-13-27(40-6)21(15-23)16-28(39)37(3)4;2-1-3/h7-15,17-18H,16H2,1-6H3,(H,34,35,36);1H,(H,2,3)/t18-;/m1./s1. The SMILES string of the molecule is COc1ccc(N(C)c2ccc3nc(C)nc(N[C@H](C)c4cccc(C(F)(F)F)c4)c3c2)cc1CC(=O)N(C)C.O=CO. The Balaban J connectivity index is 0.00000162. The van der Waals surface area contributed by atoms with Gasteiger partial charge in [0.05, 0.1) is 24.6 Å². The molecule has 0 aliphatic rings. The first kappa shape index (κ1) is 32.6. The molecule has 0 radical (unpaired) electrons. The van der Waals surface area contributed by atoms with Gasteiger partial charge in [-0.05, 0) is 67.9 Å². The van der Waals surface area contributed by atoms with E-state index < -0.39 is 17.8 Å². The number of aryl methyl sites for hydroxylation is 1. The molecule has 1 aromatic heterocycles. The minimum atomic E-state index is -4.42. The molecule has 1 heterocycles. The summed E-state index contributed by atoms with van der Waals surface area (Å²) in [7, 11) is 6.91. The number of likely N-dealkylation sites (N-methyl/N-ethyl adjacent to an activating group) is 1. The number of halogens is 3. The summed E-state index contributed by atoms with van der Waals surface area (Å²) in [4.78, 5) is 33.4. The minimum absolute atomic E-state index is 0.0399. The van der Waals surface area contributed by atoms with Gasteiger partial charge < -0.3 is 25.0 Å². The average Bonchev–Trinajstić information content (AvgIpc) is 2.96. The number of anilines is 3.